The minimum atomic E-state index is -0.273. The number of hydrogen-bond acceptors (Lipinski definition) is 5. The Bertz CT molecular complexity index is 964. The van der Waals surface area contributed by atoms with Crippen LogP contribution < -0.4 is 20.8 Å². The van der Waals surface area contributed by atoms with Gasteiger partial charge < -0.3 is 15.2 Å². The molecule has 1 heterocycles. The monoisotopic (exact) mass is 325 g/mol. The van der Waals surface area contributed by atoms with Crippen molar-refractivity contribution in [2.24, 2.45) is 5.73 Å². The lowest BCUT2D eigenvalue weighted by Gasteiger charge is -2.12. The summed E-state index contributed by atoms with van der Waals surface area (Å²) in [6.45, 7) is 2.49. The fourth-order valence-corrected chi connectivity index (χ4v) is 2.78. The van der Waals surface area contributed by atoms with Crippen molar-refractivity contribution in [1.82, 2.24) is 10.2 Å². The highest BCUT2D eigenvalue weighted by Gasteiger charge is 2.14. The molecule has 1 aromatic heterocycles. The van der Waals surface area contributed by atoms with Crippen molar-refractivity contribution in [1.29, 1.82) is 0 Å². The third kappa shape index (κ3) is 2.61. The van der Waals surface area contributed by atoms with E-state index < -0.39 is 0 Å². The lowest BCUT2D eigenvalue weighted by molar-refractivity contribution is 0.356. The molecule has 0 saturated carbocycles. The van der Waals surface area contributed by atoms with Crippen LogP contribution in [0.1, 0.15) is 11.1 Å². The molecule has 2 aromatic carbocycles. The number of aromatic amines is 1. The number of nitrogens with one attached hydrogen (secondary N) is 1. The largest absolute Gasteiger partial charge is 0.493 e. The highest BCUT2D eigenvalue weighted by molar-refractivity contribution is 5.96. The second-order valence-corrected chi connectivity index (χ2v) is 5.50. The number of benzene rings is 2. The highest BCUT2D eigenvalue weighted by Crippen LogP contribution is 2.34. The summed E-state index contributed by atoms with van der Waals surface area (Å²) in [4.78, 5) is 12.2. The minimum Gasteiger partial charge on any atom is -0.493 e. The van der Waals surface area contributed by atoms with Crippen molar-refractivity contribution in [2.75, 3.05) is 14.2 Å². The summed E-state index contributed by atoms with van der Waals surface area (Å²) < 4.78 is 10.6. The van der Waals surface area contributed by atoms with E-state index in [2.05, 4.69) is 10.2 Å². The van der Waals surface area contributed by atoms with Gasteiger partial charge in [-0.3, -0.25) is 4.79 Å². The molecule has 0 aliphatic heterocycles. The molecule has 24 heavy (non-hydrogen) atoms. The number of methoxy groups -OCH3 is 2. The number of rotatable bonds is 4. The van der Waals surface area contributed by atoms with Gasteiger partial charge >= 0.3 is 0 Å². The van der Waals surface area contributed by atoms with Gasteiger partial charge in [0.1, 0.15) is 0 Å². The second kappa shape index (κ2) is 6.33. The SMILES string of the molecule is COc1cc2c(-c3ccc(CN)c(C)c3)n[nH]c(=O)c2cc1OC. The first-order chi connectivity index (χ1) is 11.6. The quantitative estimate of drug-likeness (QED) is 0.768. The van der Waals surface area contributed by atoms with Crippen LogP contribution in [-0.2, 0) is 6.54 Å². The van der Waals surface area contributed by atoms with Gasteiger partial charge in [0, 0.05) is 17.5 Å². The minimum absolute atomic E-state index is 0.273. The second-order valence-electron chi connectivity index (χ2n) is 5.50. The van der Waals surface area contributed by atoms with Crippen LogP contribution in [0.15, 0.2) is 35.1 Å². The van der Waals surface area contributed by atoms with Gasteiger partial charge in [0.15, 0.2) is 11.5 Å². The lowest BCUT2D eigenvalue weighted by Crippen LogP contribution is -2.10. The smallest absolute Gasteiger partial charge is 0.272 e. The maximum Gasteiger partial charge on any atom is 0.272 e. The molecule has 3 rings (SSSR count). The number of aryl methyl sites for hydroxylation is 1. The molecule has 6 heteroatoms. The molecular formula is C18H19N3O3. The highest BCUT2D eigenvalue weighted by atomic mass is 16.5. The first-order valence-corrected chi connectivity index (χ1v) is 7.53. The zero-order valence-corrected chi connectivity index (χ0v) is 13.8. The molecule has 0 bridgehead atoms. The molecule has 3 N–H and O–H groups in total. The van der Waals surface area contributed by atoms with E-state index in [9.17, 15) is 4.79 Å². The van der Waals surface area contributed by atoms with E-state index in [1.54, 1.807) is 19.2 Å². The average Bonchev–Trinajstić information content (AvgIpc) is 2.61. The van der Waals surface area contributed by atoms with E-state index >= 15 is 0 Å². The Morgan fingerprint density at radius 3 is 2.33 bits per heavy atom. The zero-order chi connectivity index (χ0) is 17.3. The van der Waals surface area contributed by atoms with Gasteiger partial charge in [0.25, 0.3) is 5.56 Å². The van der Waals surface area contributed by atoms with Crippen molar-refractivity contribution >= 4 is 10.8 Å². The van der Waals surface area contributed by atoms with Crippen molar-refractivity contribution in [3.05, 3.63) is 51.8 Å². The van der Waals surface area contributed by atoms with Crippen molar-refractivity contribution < 1.29 is 9.47 Å². The van der Waals surface area contributed by atoms with Gasteiger partial charge in [0.2, 0.25) is 0 Å². The number of fused-ring (bicyclic) bond motifs is 1. The molecule has 0 amide bonds. The normalized spacial score (nSPS) is 10.8. The third-order valence-corrected chi connectivity index (χ3v) is 4.13. The average molecular weight is 325 g/mol. The summed E-state index contributed by atoms with van der Waals surface area (Å²) in [5, 5.41) is 7.99. The summed E-state index contributed by atoms with van der Waals surface area (Å²) in [7, 11) is 3.10. The molecule has 0 radical (unpaired) electrons. The van der Waals surface area contributed by atoms with Gasteiger partial charge in [0.05, 0.1) is 25.3 Å². The van der Waals surface area contributed by atoms with Crippen LogP contribution in [0.2, 0.25) is 0 Å². The Balaban J connectivity index is 2.31. The molecule has 0 atom stereocenters. The summed E-state index contributed by atoms with van der Waals surface area (Å²) >= 11 is 0. The Hall–Kier alpha value is -2.86. The van der Waals surface area contributed by atoms with Crippen molar-refractivity contribution in [3.63, 3.8) is 0 Å². The van der Waals surface area contributed by atoms with E-state index in [1.807, 2.05) is 25.1 Å². The van der Waals surface area contributed by atoms with Crippen LogP contribution >= 0.6 is 0 Å². The predicted molar refractivity (Wildman–Crippen MR) is 93.5 cm³/mol. The molecule has 0 aliphatic rings. The summed E-state index contributed by atoms with van der Waals surface area (Å²) in [6, 6.07) is 9.38. The number of nitrogens with two attached hydrogens (primary N) is 1. The number of ether oxygens (including phenoxy) is 2. The van der Waals surface area contributed by atoms with Gasteiger partial charge in [-0.1, -0.05) is 12.1 Å². The van der Waals surface area contributed by atoms with Crippen LogP contribution in [0.25, 0.3) is 22.0 Å². The van der Waals surface area contributed by atoms with Crippen LogP contribution in [0.5, 0.6) is 11.5 Å². The topological polar surface area (TPSA) is 90.2 Å². The molecule has 0 aliphatic carbocycles. The third-order valence-electron chi connectivity index (χ3n) is 4.13. The van der Waals surface area contributed by atoms with Crippen molar-refractivity contribution in [2.45, 2.75) is 13.5 Å². The number of hydrogen-bond donors (Lipinski definition) is 2. The Morgan fingerprint density at radius 2 is 1.75 bits per heavy atom. The molecular weight excluding hydrogens is 306 g/mol. The lowest BCUT2D eigenvalue weighted by atomic mass is 10.00. The summed E-state index contributed by atoms with van der Waals surface area (Å²) in [5.41, 5.74) is 9.19. The van der Waals surface area contributed by atoms with E-state index in [-0.39, 0.29) is 5.56 Å². The standard InChI is InChI=1S/C18H19N3O3/c1-10-6-11(4-5-12(10)9-19)17-13-7-15(23-2)16(24-3)8-14(13)18(22)21-20-17/h4-8H,9,19H2,1-3H3,(H,21,22). The molecule has 0 spiro atoms. The maximum absolute atomic E-state index is 12.2. The van der Waals surface area contributed by atoms with Crippen LogP contribution in [0.3, 0.4) is 0 Å². The molecule has 0 unspecified atom stereocenters. The summed E-state index contributed by atoms with van der Waals surface area (Å²) in [5.74, 6) is 1.05. The molecule has 6 nitrogen and oxygen atoms in total. The van der Waals surface area contributed by atoms with Crippen molar-refractivity contribution in [3.8, 4) is 22.8 Å². The zero-order valence-electron chi connectivity index (χ0n) is 13.8. The Kier molecular flexibility index (Phi) is 4.22. The molecule has 124 valence electrons. The van der Waals surface area contributed by atoms with Gasteiger partial charge in [-0.25, -0.2) is 5.10 Å². The fraction of sp³-hybridized carbons (Fsp3) is 0.222. The maximum atomic E-state index is 12.2. The number of H-pyrrole nitrogens is 1. The summed E-state index contributed by atoms with van der Waals surface area (Å²) in [6.07, 6.45) is 0. The van der Waals surface area contributed by atoms with E-state index in [1.165, 1.54) is 7.11 Å². The first-order valence-electron chi connectivity index (χ1n) is 7.53. The Labute approximate surface area is 139 Å². The number of nitrogens with zero attached hydrogens (tertiary/aromatic N) is 1. The number of aromatic nitrogens is 2. The molecule has 0 fully saturated rings. The van der Waals surface area contributed by atoms with Gasteiger partial charge in [-0.2, -0.15) is 5.10 Å². The van der Waals surface area contributed by atoms with Crippen LogP contribution in [0, 0.1) is 6.92 Å². The van der Waals surface area contributed by atoms with E-state index in [0.717, 1.165) is 16.7 Å². The fourth-order valence-electron chi connectivity index (χ4n) is 2.78. The van der Waals surface area contributed by atoms with Gasteiger partial charge in [-0.05, 0) is 36.2 Å². The Morgan fingerprint density at radius 1 is 1.08 bits per heavy atom. The molecule has 0 saturated heterocycles. The van der Waals surface area contributed by atoms with E-state index in [4.69, 9.17) is 15.2 Å². The van der Waals surface area contributed by atoms with Crippen LogP contribution in [0.4, 0.5) is 0 Å². The van der Waals surface area contributed by atoms with E-state index in [0.29, 0.717) is 34.5 Å². The first kappa shape index (κ1) is 16.0. The predicted octanol–water partition coefficient (Wildman–Crippen LogP) is 2.37. The molecule has 3 aromatic rings. The van der Waals surface area contributed by atoms with Crippen LogP contribution in [-0.4, -0.2) is 24.4 Å². The van der Waals surface area contributed by atoms with Gasteiger partial charge in [-0.15, -0.1) is 0 Å².